The number of carbonyl (C=O) groups is 1. The van der Waals surface area contributed by atoms with Gasteiger partial charge in [0.1, 0.15) is 11.6 Å². The van der Waals surface area contributed by atoms with Gasteiger partial charge in [-0.25, -0.2) is 8.78 Å². The van der Waals surface area contributed by atoms with Gasteiger partial charge < -0.3 is 5.32 Å². The Balaban J connectivity index is 2.18. The van der Waals surface area contributed by atoms with Crippen LogP contribution in [0.15, 0.2) is 46.9 Å². The lowest BCUT2D eigenvalue weighted by Crippen LogP contribution is -2.12. The first kappa shape index (κ1) is 12.7. The predicted octanol–water partition coefficient (Wildman–Crippen LogP) is 3.98. The van der Waals surface area contributed by atoms with Crippen molar-refractivity contribution in [3.63, 3.8) is 0 Å². The molecule has 2 aromatic rings. The Morgan fingerprint density at radius 2 is 1.72 bits per heavy atom. The molecule has 0 saturated heterocycles. The van der Waals surface area contributed by atoms with Crippen LogP contribution in [0, 0.1) is 11.6 Å². The van der Waals surface area contributed by atoms with Gasteiger partial charge in [-0.05, 0) is 42.5 Å². The van der Waals surface area contributed by atoms with Crippen LogP contribution >= 0.6 is 15.9 Å². The molecular weight excluding hydrogens is 304 g/mol. The molecule has 0 atom stereocenters. The molecule has 92 valence electrons. The molecule has 0 aliphatic carbocycles. The number of hydrogen-bond donors (Lipinski definition) is 1. The number of halogens is 3. The summed E-state index contributed by atoms with van der Waals surface area (Å²) in [6.45, 7) is 0. The van der Waals surface area contributed by atoms with E-state index in [0.717, 1.165) is 0 Å². The second kappa shape index (κ2) is 5.27. The summed E-state index contributed by atoms with van der Waals surface area (Å²) in [5.74, 6) is -1.46. The largest absolute Gasteiger partial charge is 0.319 e. The minimum atomic E-state index is -0.542. The standard InChI is InChI=1S/C13H8BrF2NO/c14-9-3-6-12(11(16)7-9)17-13(18)8-1-4-10(15)5-2-8/h1-7H,(H,17,18). The van der Waals surface area contributed by atoms with Crippen molar-refractivity contribution in [3.05, 3.63) is 64.1 Å². The third-order valence-corrected chi connectivity index (χ3v) is 2.78. The number of amides is 1. The van der Waals surface area contributed by atoms with E-state index in [-0.39, 0.29) is 11.3 Å². The van der Waals surface area contributed by atoms with Crippen molar-refractivity contribution in [1.29, 1.82) is 0 Å². The Kier molecular flexibility index (Phi) is 3.72. The third-order valence-electron chi connectivity index (χ3n) is 2.29. The van der Waals surface area contributed by atoms with E-state index in [1.165, 1.54) is 36.4 Å². The van der Waals surface area contributed by atoms with E-state index in [4.69, 9.17) is 0 Å². The molecule has 0 aliphatic rings. The van der Waals surface area contributed by atoms with Crippen LogP contribution in [0.1, 0.15) is 10.4 Å². The minimum Gasteiger partial charge on any atom is -0.319 e. The van der Waals surface area contributed by atoms with Gasteiger partial charge in [0.05, 0.1) is 5.69 Å². The minimum absolute atomic E-state index is 0.0764. The molecule has 2 rings (SSSR count). The molecule has 0 aromatic heterocycles. The molecule has 0 aliphatic heterocycles. The van der Waals surface area contributed by atoms with E-state index < -0.39 is 17.5 Å². The summed E-state index contributed by atoms with van der Waals surface area (Å²) in [4.78, 5) is 11.8. The van der Waals surface area contributed by atoms with Crippen LogP contribution in [0.3, 0.4) is 0 Å². The molecule has 0 bridgehead atoms. The number of nitrogens with one attached hydrogen (secondary N) is 1. The summed E-state index contributed by atoms with van der Waals surface area (Å²) in [6, 6.07) is 9.33. The summed E-state index contributed by atoms with van der Waals surface area (Å²) in [6.07, 6.45) is 0. The van der Waals surface area contributed by atoms with Crippen molar-refractivity contribution in [3.8, 4) is 0 Å². The highest BCUT2D eigenvalue weighted by Gasteiger charge is 2.09. The van der Waals surface area contributed by atoms with Gasteiger partial charge in [0.15, 0.2) is 0 Å². The molecule has 0 spiro atoms. The summed E-state index contributed by atoms with van der Waals surface area (Å²) in [5, 5.41) is 2.42. The molecule has 0 fully saturated rings. The molecule has 2 aromatic carbocycles. The van der Waals surface area contributed by atoms with Crippen LogP contribution in [0.5, 0.6) is 0 Å². The van der Waals surface area contributed by atoms with Crippen molar-refractivity contribution in [2.24, 2.45) is 0 Å². The number of anilines is 1. The van der Waals surface area contributed by atoms with Crippen molar-refractivity contribution in [2.45, 2.75) is 0 Å². The van der Waals surface area contributed by atoms with Crippen LogP contribution < -0.4 is 5.32 Å². The summed E-state index contributed by atoms with van der Waals surface area (Å²) in [5.41, 5.74) is 0.339. The van der Waals surface area contributed by atoms with E-state index in [0.29, 0.717) is 4.47 Å². The molecule has 1 N–H and O–H groups in total. The first-order valence-corrected chi connectivity index (χ1v) is 5.87. The van der Waals surface area contributed by atoms with Crippen LogP contribution in [-0.2, 0) is 0 Å². The SMILES string of the molecule is O=C(Nc1ccc(Br)cc1F)c1ccc(F)cc1. The maximum absolute atomic E-state index is 13.5. The molecule has 5 heteroatoms. The Labute approximate surface area is 111 Å². The van der Waals surface area contributed by atoms with E-state index >= 15 is 0 Å². The topological polar surface area (TPSA) is 29.1 Å². The van der Waals surface area contributed by atoms with Gasteiger partial charge in [-0.1, -0.05) is 15.9 Å². The first-order valence-electron chi connectivity index (χ1n) is 5.08. The molecular formula is C13H8BrF2NO. The molecule has 0 radical (unpaired) electrons. The van der Waals surface area contributed by atoms with E-state index in [1.54, 1.807) is 6.07 Å². The average Bonchev–Trinajstić information content (AvgIpc) is 2.33. The molecule has 1 amide bonds. The lowest BCUT2D eigenvalue weighted by molar-refractivity contribution is 0.102. The van der Waals surface area contributed by atoms with Gasteiger partial charge in [0.2, 0.25) is 0 Å². The zero-order valence-electron chi connectivity index (χ0n) is 9.08. The van der Waals surface area contributed by atoms with Crippen LogP contribution in [0.2, 0.25) is 0 Å². The van der Waals surface area contributed by atoms with Crippen LogP contribution in [0.4, 0.5) is 14.5 Å². The van der Waals surface area contributed by atoms with Gasteiger partial charge in [-0.3, -0.25) is 4.79 Å². The zero-order valence-corrected chi connectivity index (χ0v) is 10.7. The van der Waals surface area contributed by atoms with E-state index in [1.807, 2.05) is 0 Å². The van der Waals surface area contributed by atoms with Crippen molar-refractivity contribution >= 4 is 27.5 Å². The predicted molar refractivity (Wildman–Crippen MR) is 68.5 cm³/mol. The lowest BCUT2D eigenvalue weighted by atomic mass is 10.2. The highest BCUT2D eigenvalue weighted by Crippen LogP contribution is 2.20. The van der Waals surface area contributed by atoms with E-state index in [9.17, 15) is 13.6 Å². The zero-order chi connectivity index (χ0) is 13.1. The van der Waals surface area contributed by atoms with Crippen LogP contribution in [-0.4, -0.2) is 5.91 Å². The van der Waals surface area contributed by atoms with Gasteiger partial charge in [-0.2, -0.15) is 0 Å². The average molecular weight is 312 g/mol. The summed E-state index contributed by atoms with van der Waals surface area (Å²) < 4.78 is 26.8. The Hall–Kier alpha value is -1.75. The van der Waals surface area contributed by atoms with Gasteiger partial charge in [0.25, 0.3) is 5.91 Å². The summed E-state index contributed by atoms with van der Waals surface area (Å²) >= 11 is 3.12. The fraction of sp³-hybridized carbons (Fsp3) is 0. The highest BCUT2D eigenvalue weighted by atomic mass is 79.9. The first-order chi connectivity index (χ1) is 8.56. The number of hydrogen-bond acceptors (Lipinski definition) is 1. The van der Waals surface area contributed by atoms with E-state index in [2.05, 4.69) is 21.2 Å². The molecule has 0 unspecified atom stereocenters. The quantitative estimate of drug-likeness (QED) is 0.893. The van der Waals surface area contributed by atoms with Gasteiger partial charge in [-0.15, -0.1) is 0 Å². The number of carbonyl (C=O) groups excluding carboxylic acids is 1. The fourth-order valence-corrected chi connectivity index (χ4v) is 1.72. The highest BCUT2D eigenvalue weighted by molar-refractivity contribution is 9.10. The molecule has 0 saturated carbocycles. The molecule has 0 heterocycles. The second-order valence-electron chi connectivity index (χ2n) is 3.59. The van der Waals surface area contributed by atoms with Crippen LogP contribution in [0.25, 0.3) is 0 Å². The Morgan fingerprint density at radius 3 is 2.33 bits per heavy atom. The number of benzene rings is 2. The Bertz CT molecular complexity index is 584. The monoisotopic (exact) mass is 311 g/mol. The summed E-state index contributed by atoms with van der Waals surface area (Å²) in [7, 11) is 0. The molecule has 2 nitrogen and oxygen atoms in total. The van der Waals surface area contributed by atoms with Gasteiger partial charge >= 0.3 is 0 Å². The van der Waals surface area contributed by atoms with Crippen molar-refractivity contribution in [1.82, 2.24) is 0 Å². The van der Waals surface area contributed by atoms with Gasteiger partial charge in [0, 0.05) is 10.0 Å². The normalized spacial score (nSPS) is 10.2. The fourth-order valence-electron chi connectivity index (χ4n) is 1.39. The molecule has 18 heavy (non-hydrogen) atoms. The maximum atomic E-state index is 13.5. The number of rotatable bonds is 2. The Morgan fingerprint density at radius 1 is 1.06 bits per heavy atom. The lowest BCUT2D eigenvalue weighted by Gasteiger charge is -2.06. The smallest absolute Gasteiger partial charge is 0.255 e. The third kappa shape index (κ3) is 2.92. The van der Waals surface area contributed by atoms with Crippen molar-refractivity contribution in [2.75, 3.05) is 5.32 Å². The maximum Gasteiger partial charge on any atom is 0.255 e. The van der Waals surface area contributed by atoms with Crippen molar-refractivity contribution < 1.29 is 13.6 Å². The second-order valence-corrected chi connectivity index (χ2v) is 4.50.